The van der Waals surface area contributed by atoms with E-state index in [9.17, 15) is 18.0 Å². The molecule has 1 fully saturated rings. The molecule has 0 saturated carbocycles. The Morgan fingerprint density at radius 2 is 1.75 bits per heavy atom. The molecule has 0 unspecified atom stereocenters. The van der Waals surface area contributed by atoms with Gasteiger partial charge >= 0.3 is 5.97 Å². The number of methoxy groups -OCH3 is 1. The number of rotatable bonds is 9. The Morgan fingerprint density at radius 3 is 2.36 bits per heavy atom. The lowest BCUT2D eigenvalue weighted by Crippen LogP contribution is -2.29. The lowest BCUT2D eigenvalue weighted by Gasteiger charge is -2.22. The molecular formula is C19H29ClN2O5S. The molecule has 0 bridgehead atoms. The number of benzene rings is 1. The monoisotopic (exact) mass is 432 g/mol. The van der Waals surface area contributed by atoms with Gasteiger partial charge in [-0.25, -0.2) is 8.42 Å². The average Bonchev–Trinajstić information content (AvgIpc) is 2.66. The minimum absolute atomic E-state index is 0. The highest BCUT2D eigenvalue weighted by Gasteiger charge is 2.18. The third kappa shape index (κ3) is 9.03. The van der Waals surface area contributed by atoms with Gasteiger partial charge in [0.05, 0.1) is 12.9 Å². The molecule has 1 aromatic rings. The van der Waals surface area contributed by atoms with Gasteiger partial charge in [-0.05, 0) is 49.4 Å². The lowest BCUT2D eigenvalue weighted by molar-refractivity contribution is -0.137. The van der Waals surface area contributed by atoms with Crippen LogP contribution in [0.2, 0.25) is 0 Å². The number of sulfone groups is 1. The molecule has 1 aliphatic heterocycles. The Kier molecular flexibility index (Phi) is 10.5. The van der Waals surface area contributed by atoms with Crippen molar-refractivity contribution < 1.29 is 22.7 Å². The summed E-state index contributed by atoms with van der Waals surface area (Å²) in [6.45, 7) is 2.49. The molecule has 2 rings (SSSR count). The quantitative estimate of drug-likeness (QED) is 0.574. The number of halogens is 1. The van der Waals surface area contributed by atoms with Crippen LogP contribution in [0.25, 0.3) is 0 Å². The summed E-state index contributed by atoms with van der Waals surface area (Å²) in [4.78, 5) is 23.1. The highest BCUT2D eigenvalue weighted by Crippen LogP contribution is 2.17. The highest BCUT2D eigenvalue weighted by atomic mass is 35.5. The van der Waals surface area contributed by atoms with Gasteiger partial charge in [-0.3, -0.25) is 9.59 Å². The largest absolute Gasteiger partial charge is 0.468 e. The molecule has 1 amide bonds. The van der Waals surface area contributed by atoms with Gasteiger partial charge in [0.2, 0.25) is 5.91 Å². The van der Waals surface area contributed by atoms with Crippen molar-refractivity contribution in [2.45, 2.75) is 38.0 Å². The van der Waals surface area contributed by atoms with Crippen molar-refractivity contribution in [2.75, 3.05) is 26.0 Å². The second-order valence-corrected chi connectivity index (χ2v) is 9.00. The summed E-state index contributed by atoms with van der Waals surface area (Å²) in [6.07, 6.45) is 3.72. The number of esters is 1. The van der Waals surface area contributed by atoms with Crippen LogP contribution in [0.4, 0.5) is 0 Å². The molecule has 1 heterocycles. The maximum Gasteiger partial charge on any atom is 0.320 e. The summed E-state index contributed by atoms with van der Waals surface area (Å²) >= 11 is 0. The fourth-order valence-electron chi connectivity index (χ4n) is 3.09. The first-order valence-electron chi connectivity index (χ1n) is 9.20. The van der Waals surface area contributed by atoms with Crippen LogP contribution in [0, 0.1) is 5.92 Å². The van der Waals surface area contributed by atoms with Gasteiger partial charge in [-0.1, -0.05) is 24.3 Å². The Balaban J connectivity index is 0.00000392. The van der Waals surface area contributed by atoms with Crippen molar-refractivity contribution in [1.29, 1.82) is 0 Å². The summed E-state index contributed by atoms with van der Waals surface area (Å²) in [5.41, 5.74) is 1.50. The van der Waals surface area contributed by atoms with E-state index in [0.29, 0.717) is 24.4 Å². The zero-order valence-electron chi connectivity index (χ0n) is 16.1. The van der Waals surface area contributed by atoms with Gasteiger partial charge in [0.1, 0.15) is 5.75 Å². The molecule has 0 atom stereocenters. The summed E-state index contributed by atoms with van der Waals surface area (Å²) < 4.78 is 28.2. The number of carbonyl (C=O) groups excluding carboxylic acids is 2. The fraction of sp³-hybridized carbons (Fsp3) is 0.579. The van der Waals surface area contributed by atoms with E-state index in [1.807, 2.05) is 0 Å². The molecule has 28 heavy (non-hydrogen) atoms. The SMILES string of the molecule is COC(=O)CS(=O)(=O)Cc1ccc(CNC(=O)CCC2CCNCC2)cc1.Cl. The van der Waals surface area contributed by atoms with Crippen LogP contribution in [0.15, 0.2) is 24.3 Å². The average molecular weight is 433 g/mol. The van der Waals surface area contributed by atoms with E-state index in [-0.39, 0.29) is 24.1 Å². The summed E-state index contributed by atoms with van der Waals surface area (Å²) in [5.74, 6) is -0.941. The first kappa shape index (κ1) is 24.4. The molecule has 1 aromatic carbocycles. The summed E-state index contributed by atoms with van der Waals surface area (Å²) in [7, 11) is -2.39. The predicted molar refractivity (Wildman–Crippen MR) is 110 cm³/mol. The fourth-order valence-corrected chi connectivity index (χ4v) is 4.37. The number of nitrogens with one attached hydrogen (secondary N) is 2. The zero-order valence-corrected chi connectivity index (χ0v) is 17.7. The number of hydrogen-bond acceptors (Lipinski definition) is 6. The van der Waals surface area contributed by atoms with Crippen LogP contribution < -0.4 is 10.6 Å². The highest BCUT2D eigenvalue weighted by molar-refractivity contribution is 7.91. The van der Waals surface area contributed by atoms with E-state index in [1.165, 1.54) is 0 Å². The van der Waals surface area contributed by atoms with Gasteiger partial charge in [0.25, 0.3) is 0 Å². The second-order valence-electron chi connectivity index (χ2n) is 6.93. The minimum atomic E-state index is -3.55. The normalized spacial score (nSPS) is 14.8. The molecule has 0 aliphatic carbocycles. The van der Waals surface area contributed by atoms with E-state index < -0.39 is 21.6 Å². The number of ether oxygens (including phenoxy) is 1. The topological polar surface area (TPSA) is 102 Å². The lowest BCUT2D eigenvalue weighted by atomic mass is 9.93. The Labute approximate surface area is 172 Å². The van der Waals surface area contributed by atoms with Crippen LogP contribution in [0.3, 0.4) is 0 Å². The Morgan fingerprint density at radius 1 is 1.14 bits per heavy atom. The van der Waals surface area contributed by atoms with Crippen LogP contribution in [-0.4, -0.2) is 46.2 Å². The van der Waals surface area contributed by atoms with Gasteiger partial charge < -0.3 is 15.4 Å². The first-order chi connectivity index (χ1) is 12.9. The van der Waals surface area contributed by atoms with Crippen molar-refractivity contribution in [3.05, 3.63) is 35.4 Å². The summed E-state index contributed by atoms with van der Waals surface area (Å²) in [6, 6.07) is 6.98. The van der Waals surface area contributed by atoms with Gasteiger partial charge in [-0.2, -0.15) is 0 Å². The number of amides is 1. The van der Waals surface area contributed by atoms with Gasteiger partial charge in [-0.15, -0.1) is 12.4 Å². The van der Waals surface area contributed by atoms with Crippen molar-refractivity contribution in [2.24, 2.45) is 5.92 Å². The summed E-state index contributed by atoms with van der Waals surface area (Å²) in [5, 5.41) is 6.22. The van der Waals surface area contributed by atoms with E-state index in [2.05, 4.69) is 15.4 Å². The predicted octanol–water partition coefficient (Wildman–Crippen LogP) is 1.59. The first-order valence-corrected chi connectivity index (χ1v) is 11.0. The van der Waals surface area contributed by atoms with Gasteiger partial charge in [0, 0.05) is 13.0 Å². The standard InChI is InChI=1S/C19H28N2O5S.ClH/c1-26-19(23)14-27(24,25)13-17-4-2-16(3-5-17)12-21-18(22)7-6-15-8-10-20-11-9-15;/h2-5,15,20H,6-14H2,1H3,(H,21,22);1H. The van der Waals surface area contributed by atoms with Gasteiger partial charge in [0.15, 0.2) is 9.84 Å². The van der Waals surface area contributed by atoms with Crippen LogP contribution in [0.1, 0.15) is 36.8 Å². The van der Waals surface area contributed by atoms with E-state index >= 15 is 0 Å². The van der Waals surface area contributed by atoms with Crippen molar-refractivity contribution in [3.8, 4) is 0 Å². The van der Waals surface area contributed by atoms with Crippen LogP contribution in [0.5, 0.6) is 0 Å². The Bertz CT molecular complexity index is 731. The molecule has 1 aliphatic rings. The minimum Gasteiger partial charge on any atom is -0.468 e. The molecule has 158 valence electrons. The van der Waals surface area contributed by atoms with Crippen LogP contribution in [-0.2, 0) is 36.5 Å². The number of hydrogen-bond donors (Lipinski definition) is 2. The molecule has 9 heteroatoms. The number of piperidine rings is 1. The van der Waals surface area contributed by atoms with E-state index in [1.54, 1.807) is 24.3 Å². The van der Waals surface area contributed by atoms with Crippen LogP contribution >= 0.6 is 12.4 Å². The number of carbonyl (C=O) groups is 2. The third-order valence-electron chi connectivity index (χ3n) is 4.70. The second kappa shape index (κ2) is 12.0. The maximum absolute atomic E-state index is 12.0. The molecule has 0 spiro atoms. The van der Waals surface area contributed by atoms with E-state index in [4.69, 9.17) is 0 Å². The molecule has 7 nitrogen and oxygen atoms in total. The van der Waals surface area contributed by atoms with E-state index in [0.717, 1.165) is 45.0 Å². The molecular weight excluding hydrogens is 404 g/mol. The zero-order chi connectivity index (χ0) is 19.7. The van der Waals surface area contributed by atoms with Crippen molar-refractivity contribution >= 4 is 34.1 Å². The maximum atomic E-state index is 12.0. The third-order valence-corrected chi connectivity index (χ3v) is 6.15. The molecule has 1 saturated heterocycles. The van der Waals surface area contributed by atoms with Crippen molar-refractivity contribution in [3.63, 3.8) is 0 Å². The molecule has 0 radical (unpaired) electrons. The van der Waals surface area contributed by atoms with Crippen molar-refractivity contribution in [1.82, 2.24) is 10.6 Å². The smallest absolute Gasteiger partial charge is 0.320 e. The molecule has 0 aromatic heterocycles. The molecule has 2 N–H and O–H groups in total. The Hall–Kier alpha value is -1.64.